The number of halogens is 3. The molecule has 1 unspecified atom stereocenters. The lowest BCUT2D eigenvalue weighted by atomic mass is 9.91. The van der Waals surface area contributed by atoms with E-state index in [1.165, 1.54) is 6.07 Å². The number of likely N-dealkylation sites (tertiary alicyclic amines) is 1. The van der Waals surface area contributed by atoms with Crippen LogP contribution in [0.1, 0.15) is 38.2 Å². The number of hydrogen-bond donors (Lipinski definition) is 1. The lowest BCUT2D eigenvalue weighted by Gasteiger charge is -2.44. The standard InChI is InChI=1S/C18H25F3N2O/c1-17(24)8-11-22(12-9-17)14-5-4-10-23(13-14)16-7-3-2-6-15(16)18(19,20)21/h2-3,6-7,14,24H,4-5,8-13H2,1H3. The van der Waals surface area contributed by atoms with E-state index in [1.807, 2.05) is 11.8 Å². The lowest BCUT2D eigenvalue weighted by molar-refractivity contribution is -0.137. The van der Waals surface area contributed by atoms with Crippen LogP contribution in [-0.2, 0) is 6.18 Å². The second kappa shape index (κ2) is 6.56. The molecule has 24 heavy (non-hydrogen) atoms. The number of rotatable bonds is 2. The Balaban J connectivity index is 1.73. The first-order chi connectivity index (χ1) is 11.3. The number of alkyl halides is 3. The smallest absolute Gasteiger partial charge is 0.390 e. The maximum atomic E-state index is 13.3. The first-order valence-electron chi connectivity index (χ1n) is 8.64. The first kappa shape index (κ1) is 17.5. The molecule has 2 aliphatic rings. The topological polar surface area (TPSA) is 26.7 Å². The molecule has 2 aliphatic heterocycles. The van der Waals surface area contributed by atoms with Crippen molar-refractivity contribution >= 4 is 5.69 Å². The van der Waals surface area contributed by atoms with Gasteiger partial charge in [-0.1, -0.05) is 12.1 Å². The number of piperidine rings is 2. The molecule has 2 fully saturated rings. The van der Waals surface area contributed by atoms with Gasteiger partial charge in [0.1, 0.15) is 0 Å². The molecule has 1 aromatic carbocycles. The SMILES string of the molecule is CC1(O)CCN(C2CCCN(c3ccccc3C(F)(F)F)C2)CC1. The second-order valence-electron chi connectivity index (χ2n) is 7.29. The van der Waals surface area contributed by atoms with E-state index in [4.69, 9.17) is 0 Å². The summed E-state index contributed by atoms with van der Waals surface area (Å²) in [5, 5.41) is 10.1. The monoisotopic (exact) mass is 342 g/mol. The van der Waals surface area contributed by atoms with Crippen molar-refractivity contribution < 1.29 is 18.3 Å². The predicted molar refractivity (Wildman–Crippen MR) is 88.1 cm³/mol. The van der Waals surface area contributed by atoms with Crippen LogP contribution in [0.2, 0.25) is 0 Å². The van der Waals surface area contributed by atoms with E-state index in [0.717, 1.165) is 44.8 Å². The molecule has 3 rings (SSSR count). The molecule has 0 bridgehead atoms. The fourth-order valence-electron chi connectivity index (χ4n) is 3.83. The minimum absolute atomic E-state index is 0.260. The van der Waals surface area contributed by atoms with E-state index in [0.29, 0.717) is 18.8 Å². The molecule has 0 aliphatic carbocycles. The third kappa shape index (κ3) is 3.86. The van der Waals surface area contributed by atoms with Crippen LogP contribution in [0, 0.1) is 0 Å². The second-order valence-corrected chi connectivity index (χ2v) is 7.29. The molecule has 1 aromatic rings. The number of benzene rings is 1. The Kier molecular flexibility index (Phi) is 4.80. The van der Waals surface area contributed by atoms with Gasteiger partial charge < -0.3 is 10.0 Å². The molecule has 3 nitrogen and oxygen atoms in total. The van der Waals surface area contributed by atoms with Gasteiger partial charge in [-0.2, -0.15) is 13.2 Å². The number of para-hydroxylation sites is 1. The van der Waals surface area contributed by atoms with Gasteiger partial charge in [0.05, 0.1) is 11.2 Å². The third-order valence-electron chi connectivity index (χ3n) is 5.34. The molecule has 0 saturated carbocycles. The minimum atomic E-state index is -4.33. The van der Waals surface area contributed by atoms with E-state index >= 15 is 0 Å². The highest BCUT2D eigenvalue weighted by Gasteiger charge is 2.37. The van der Waals surface area contributed by atoms with Gasteiger partial charge in [-0.25, -0.2) is 0 Å². The Morgan fingerprint density at radius 3 is 2.46 bits per heavy atom. The van der Waals surface area contributed by atoms with Crippen LogP contribution in [-0.4, -0.2) is 47.8 Å². The van der Waals surface area contributed by atoms with Gasteiger partial charge in [-0.3, -0.25) is 4.90 Å². The molecule has 0 amide bonds. The normalized spacial score (nSPS) is 25.7. The number of nitrogens with zero attached hydrogens (tertiary/aromatic N) is 2. The van der Waals surface area contributed by atoms with Gasteiger partial charge in [-0.15, -0.1) is 0 Å². The van der Waals surface area contributed by atoms with E-state index in [1.54, 1.807) is 12.1 Å². The molecule has 1 N–H and O–H groups in total. The highest BCUT2D eigenvalue weighted by atomic mass is 19.4. The Hall–Kier alpha value is -1.27. The number of hydrogen-bond acceptors (Lipinski definition) is 3. The van der Waals surface area contributed by atoms with Crippen molar-refractivity contribution in [2.45, 2.75) is 50.4 Å². The Bertz CT molecular complexity index is 564. The van der Waals surface area contributed by atoms with Crippen LogP contribution in [0.5, 0.6) is 0 Å². The first-order valence-corrected chi connectivity index (χ1v) is 8.64. The van der Waals surface area contributed by atoms with Gasteiger partial charge in [0.2, 0.25) is 0 Å². The van der Waals surface area contributed by atoms with Crippen molar-refractivity contribution in [2.75, 3.05) is 31.1 Å². The molecule has 2 saturated heterocycles. The van der Waals surface area contributed by atoms with Crippen molar-refractivity contribution in [1.29, 1.82) is 0 Å². The van der Waals surface area contributed by atoms with Crippen LogP contribution in [0.15, 0.2) is 24.3 Å². The fraction of sp³-hybridized carbons (Fsp3) is 0.667. The predicted octanol–water partition coefficient (Wildman–Crippen LogP) is 3.52. The average Bonchev–Trinajstić information content (AvgIpc) is 2.54. The van der Waals surface area contributed by atoms with Crippen molar-refractivity contribution in [3.05, 3.63) is 29.8 Å². The highest BCUT2D eigenvalue weighted by molar-refractivity contribution is 5.55. The summed E-state index contributed by atoms with van der Waals surface area (Å²) in [5.41, 5.74) is -0.862. The molecular weight excluding hydrogens is 317 g/mol. The molecular formula is C18H25F3N2O. The van der Waals surface area contributed by atoms with Crippen molar-refractivity contribution in [2.24, 2.45) is 0 Å². The van der Waals surface area contributed by atoms with Crippen LogP contribution in [0.4, 0.5) is 18.9 Å². The summed E-state index contributed by atoms with van der Waals surface area (Å²) in [7, 11) is 0. The average molecular weight is 342 g/mol. The van der Waals surface area contributed by atoms with Gasteiger partial charge in [-0.05, 0) is 44.7 Å². The van der Waals surface area contributed by atoms with Gasteiger partial charge in [0.25, 0.3) is 0 Å². The van der Waals surface area contributed by atoms with E-state index < -0.39 is 17.3 Å². The Morgan fingerprint density at radius 2 is 1.79 bits per heavy atom. The highest BCUT2D eigenvalue weighted by Crippen LogP contribution is 2.37. The van der Waals surface area contributed by atoms with Crippen LogP contribution in [0.3, 0.4) is 0 Å². The third-order valence-corrected chi connectivity index (χ3v) is 5.34. The van der Waals surface area contributed by atoms with E-state index in [-0.39, 0.29) is 6.04 Å². The summed E-state index contributed by atoms with van der Waals surface area (Å²) in [6, 6.07) is 6.12. The molecule has 0 aromatic heterocycles. The van der Waals surface area contributed by atoms with Gasteiger partial charge in [0, 0.05) is 37.9 Å². The molecule has 134 valence electrons. The fourth-order valence-corrected chi connectivity index (χ4v) is 3.83. The van der Waals surface area contributed by atoms with Crippen LogP contribution >= 0.6 is 0 Å². The summed E-state index contributed by atoms with van der Waals surface area (Å²) in [5.74, 6) is 0. The summed E-state index contributed by atoms with van der Waals surface area (Å²) >= 11 is 0. The maximum absolute atomic E-state index is 13.3. The quantitative estimate of drug-likeness (QED) is 0.891. The zero-order chi connectivity index (χ0) is 17.4. The summed E-state index contributed by atoms with van der Waals surface area (Å²) < 4.78 is 39.8. The largest absolute Gasteiger partial charge is 0.418 e. The van der Waals surface area contributed by atoms with E-state index in [9.17, 15) is 18.3 Å². The molecule has 6 heteroatoms. The van der Waals surface area contributed by atoms with Crippen molar-refractivity contribution in [3.8, 4) is 0 Å². The zero-order valence-electron chi connectivity index (χ0n) is 14.0. The molecule has 0 spiro atoms. The number of anilines is 1. The van der Waals surface area contributed by atoms with Crippen LogP contribution in [0.25, 0.3) is 0 Å². The number of aliphatic hydroxyl groups is 1. The maximum Gasteiger partial charge on any atom is 0.418 e. The van der Waals surface area contributed by atoms with Crippen LogP contribution < -0.4 is 4.90 Å². The van der Waals surface area contributed by atoms with Crippen molar-refractivity contribution in [1.82, 2.24) is 4.90 Å². The molecule has 1 atom stereocenters. The van der Waals surface area contributed by atoms with Gasteiger partial charge >= 0.3 is 6.18 Å². The van der Waals surface area contributed by atoms with Crippen molar-refractivity contribution in [3.63, 3.8) is 0 Å². The summed E-state index contributed by atoms with van der Waals surface area (Å²) in [4.78, 5) is 4.21. The Labute approximate surface area is 141 Å². The summed E-state index contributed by atoms with van der Waals surface area (Å²) in [6.45, 7) is 4.76. The van der Waals surface area contributed by atoms with Gasteiger partial charge in [0.15, 0.2) is 0 Å². The lowest BCUT2D eigenvalue weighted by Crippen LogP contribution is -2.53. The Morgan fingerprint density at radius 1 is 1.12 bits per heavy atom. The molecule has 2 heterocycles. The molecule has 0 radical (unpaired) electrons. The summed E-state index contributed by atoms with van der Waals surface area (Å²) in [6.07, 6.45) is -0.977. The van der Waals surface area contributed by atoms with E-state index in [2.05, 4.69) is 4.90 Å². The minimum Gasteiger partial charge on any atom is -0.390 e. The zero-order valence-corrected chi connectivity index (χ0v) is 14.0.